The van der Waals surface area contributed by atoms with Crippen LogP contribution in [0.25, 0.3) is 0 Å². The highest BCUT2D eigenvalue weighted by molar-refractivity contribution is 5.14. The predicted molar refractivity (Wildman–Crippen MR) is 47.7 cm³/mol. The van der Waals surface area contributed by atoms with E-state index in [4.69, 9.17) is 5.11 Å². The van der Waals surface area contributed by atoms with Gasteiger partial charge in [-0.2, -0.15) is 0 Å². The van der Waals surface area contributed by atoms with Crippen LogP contribution in [0.15, 0.2) is 24.4 Å². The summed E-state index contributed by atoms with van der Waals surface area (Å²) >= 11 is 0. The van der Waals surface area contributed by atoms with Crippen LogP contribution in [0.2, 0.25) is 0 Å². The lowest BCUT2D eigenvalue weighted by Crippen LogP contribution is -2.41. The molecule has 66 valence electrons. The minimum absolute atomic E-state index is 0.0422. The zero-order valence-corrected chi connectivity index (χ0v) is 7.41. The summed E-state index contributed by atoms with van der Waals surface area (Å²) < 4.78 is 0. The molecule has 3 nitrogen and oxygen atoms in total. The van der Waals surface area contributed by atoms with Gasteiger partial charge in [0.2, 0.25) is 0 Å². The molecular formula is C9H14N2O. The van der Waals surface area contributed by atoms with Crippen LogP contribution in [-0.2, 0) is 5.54 Å². The van der Waals surface area contributed by atoms with E-state index >= 15 is 0 Å². The number of aliphatic hydroxyl groups is 1. The van der Waals surface area contributed by atoms with Crippen LogP contribution in [0.3, 0.4) is 0 Å². The summed E-state index contributed by atoms with van der Waals surface area (Å²) in [6, 6.07) is 5.66. The van der Waals surface area contributed by atoms with Gasteiger partial charge in [0.15, 0.2) is 0 Å². The predicted octanol–water partition coefficient (Wildman–Crippen LogP) is 0.509. The summed E-state index contributed by atoms with van der Waals surface area (Å²) in [5.74, 6) is 0. The van der Waals surface area contributed by atoms with Crippen LogP contribution in [0.4, 0.5) is 0 Å². The van der Waals surface area contributed by atoms with Crippen LogP contribution in [0.5, 0.6) is 0 Å². The number of nitrogens with zero attached hydrogens (tertiary/aromatic N) is 1. The van der Waals surface area contributed by atoms with Gasteiger partial charge in [0, 0.05) is 6.20 Å². The minimum atomic E-state index is -0.429. The molecule has 12 heavy (non-hydrogen) atoms. The van der Waals surface area contributed by atoms with E-state index in [1.54, 1.807) is 6.20 Å². The average molecular weight is 166 g/mol. The zero-order chi connectivity index (χ0) is 9.03. The minimum Gasteiger partial charge on any atom is -0.394 e. The molecule has 0 aromatic carbocycles. The van der Waals surface area contributed by atoms with Gasteiger partial charge in [-0.15, -0.1) is 0 Å². The lowest BCUT2D eigenvalue weighted by molar-refractivity contribution is 0.180. The van der Waals surface area contributed by atoms with Crippen LogP contribution in [-0.4, -0.2) is 23.7 Å². The summed E-state index contributed by atoms with van der Waals surface area (Å²) in [6.07, 6.45) is 1.72. The Bertz CT molecular complexity index is 232. The highest BCUT2D eigenvalue weighted by Crippen LogP contribution is 2.15. The molecule has 0 bridgehead atoms. The number of aromatic nitrogens is 1. The first-order chi connectivity index (χ1) is 5.73. The van der Waals surface area contributed by atoms with E-state index in [9.17, 15) is 0 Å². The molecule has 0 aliphatic heterocycles. The lowest BCUT2D eigenvalue weighted by Gasteiger charge is -2.25. The number of aliphatic hydroxyl groups excluding tert-OH is 1. The van der Waals surface area contributed by atoms with Crippen LogP contribution >= 0.6 is 0 Å². The van der Waals surface area contributed by atoms with Crippen molar-refractivity contribution in [2.75, 3.05) is 13.7 Å². The molecule has 0 spiro atoms. The molecule has 1 unspecified atom stereocenters. The molecule has 1 aromatic rings. The molecule has 0 aliphatic carbocycles. The first-order valence-corrected chi connectivity index (χ1v) is 3.94. The molecule has 0 radical (unpaired) electrons. The van der Waals surface area contributed by atoms with Crippen LogP contribution in [0, 0.1) is 0 Å². The average Bonchev–Trinajstić information content (AvgIpc) is 2.18. The van der Waals surface area contributed by atoms with Crippen molar-refractivity contribution in [3.8, 4) is 0 Å². The van der Waals surface area contributed by atoms with Crippen molar-refractivity contribution < 1.29 is 5.11 Å². The number of nitrogens with one attached hydrogen (secondary N) is 1. The standard InChI is InChI=1S/C9H14N2O/c1-9(7-12,10-2)8-5-3-4-6-11-8/h3-6,10,12H,7H2,1-2H3. The molecule has 1 rings (SSSR count). The summed E-state index contributed by atoms with van der Waals surface area (Å²) in [7, 11) is 1.81. The molecule has 0 fully saturated rings. The summed E-state index contributed by atoms with van der Waals surface area (Å²) in [5, 5.41) is 12.2. The van der Waals surface area contributed by atoms with Crippen molar-refractivity contribution in [1.82, 2.24) is 10.3 Å². The van der Waals surface area contributed by atoms with E-state index in [-0.39, 0.29) is 6.61 Å². The van der Waals surface area contributed by atoms with Gasteiger partial charge in [-0.05, 0) is 26.1 Å². The molecule has 0 amide bonds. The topological polar surface area (TPSA) is 45.1 Å². The first kappa shape index (κ1) is 9.16. The van der Waals surface area contributed by atoms with Crippen LogP contribution < -0.4 is 5.32 Å². The zero-order valence-electron chi connectivity index (χ0n) is 7.41. The molecule has 2 N–H and O–H groups in total. The molecule has 3 heteroatoms. The van der Waals surface area contributed by atoms with Crippen molar-refractivity contribution in [1.29, 1.82) is 0 Å². The van der Waals surface area contributed by atoms with Gasteiger partial charge >= 0.3 is 0 Å². The number of likely N-dealkylation sites (N-methyl/N-ethyl adjacent to an activating group) is 1. The number of pyridine rings is 1. The molecule has 0 saturated heterocycles. The van der Waals surface area contributed by atoms with E-state index in [2.05, 4.69) is 10.3 Å². The largest absolute Gasteiger partial charge is 0.394 e. The third-order valence-electron chi connectivity index (χ3n) is 2.10. The normalized spacial score (nSPS) is 15.6. The Labute approximate surface area is 72.5 Å². The first-order valence-electron chi connectivity index (χ1n) is 3.94. The Morgan fingerprint density at radius 1 is 1.58 bits per heavy atom. The Balaban J connectivity index is 2.95. The molecular weight excluding hydrogens is 152 g/mol. The fourth-order valence-corrected chi connectivity index (χ4v) is 0.977. The smallest absolute Gasteiger partial charge is 0.0811 e. The maximum atomic E-state index is 9.14. The number of rotatable bonds is 3. The van der Waals surface area contributed by atoms with Gasteiger partial charge in [0.1, 0.15) is 0 Å². The second-order valence-corrected chi connectivity index (χ2v) is 2.96. The fourth-order valence-electron chi connectivity index (χ4n) is 0.977. The molecule has 1 aromatic heterocycles. The van der Waals surface area contributed by atoms with E-state index < -0.39 is 5.54 Å². The van der Waals surface area contributed by atoms with E-state index in [0.717, 1.165) is 5.69 Å². The van der Waals surface area contributed by atoms with Crippen molar-refractivity contribution in [2.24, 2.45) is 0 Å². The Kier molecular flexibility index (Phi) is 2.78. The lowest BCUT2D eigenvalue weighted by atomic mass is 9.99. The summed E-state index contributed by atoms with van der Waals surface area (Å²) in [4.78, 5) is 4.17. The highest BCUT2D eigenvalue weighted by Gasteiger charge is 2.24. The van der Waals surface area contributed by atoms with Crippen LogP contribution in [0.1, 0.15) is 12.6 Å². The maximum Gasteiger partial charge on any atom is 0.0811 e. The van der Waals surface area contributed by atoms with Crippen molar-refractivity contribution in [3.63, 3.8) is 0 Å². The third kappa shape index (κ3) is 1.62. The summed E-state index contributed by atoms with van der Waals surface area (Å²) in [5.41, 5.74) is 0.427. The monoisotopic (exact) mass is 166 g/mol. The van der Waals surface area contributed by atoms with Crippen molar-refractivity contribution >= 4 is 0 Å². The van der Waals surface area contributed by atoms with E-state index in [0.29, 0.717) is 0 Å². The Morgan fingerprint density at radius 2 is 2.33 bits per heavy atom. The van der Waals surface area contributed by atoms with Gasteiger partial charge in [-0.3, -0.25) is 4.98 Å². The molecule has 0 saturated carbocycles. The molecule has 1 atom stereocenters. The maximum absolute atomic E-state index is 9.14. The molecule has 1 heterocycles. The van der Waals surface area contributed by atoms with Gasteiger partial charge in [-0.25, -0.2) is 0 Å². The summed E-state index contributed by atoms with van der Waals surface area (Å²) in [6.45, 7) is 1.95. The van der Waals surface area contributed by atoms with Crippen molar-refractivity contribution in [2.45, 2.75) is 12.5 Å². The van der Waals surface area contributed by atoms with Gasteiger partial charge < -0.3 is 10.4 Å². The Hall–Kier alpha value is -0.930. The quantitative estimate of drug-likeness (QED) is 0.687. The highest BCUT2D eigenvalue weighted by atomic mass is 16.3. The van der Waals surface area contributed by atoms with Crippen molar-refractivity contribution in [3.05, 3.63) is 30.1 Å². The van der Waals surface area contributed by atoms with Gasteiger partial charge in [0.25, 0.3) is 0 Å². The van der Waals surface area contributed by atoms with Gasteiger partial charge in [-0.1, -0.05) is 6.07 Å². The second kappa shape index (κ2) is 3.65. The van der Waals surface area contributed by atoms with E-state index in [1.807, 2.05) is 32.2 Å². The number of hydrogen-bond acceptors (Lipinski definition) is 3. The second-order valence-electron chi connectivity index (χ2n) is 2.96. The SMILES string of the molecule is CNC(C)(CO)c1ccccn1. The van der Waals surface area contributed by atoms with Gasteiger partial charge in [0.05, 0.1) is 17.8 Å². The fraction of sp³-hybridized carbons (Fsp3) is 0.444. The Morgan fingerprint density at radius 3 is 2.75 bits per heavy atom. The number of hydrogen-bond donors (Lipinski definition) is 2. The van der Waals surface area contributed by atoms with E-state index in [1.165, 1.54) is 0 Å². The molecule has 0 aliphatic rings. The third-order valence-corrected chi connectivity index (χ3v) is 2.10.